The highest BCUT2D eigenvalue weighted by molar-refractivity contribution is 5.96. The number of hydrogen-bond acceptors (Lipinski definition) is 3. The van der Waals surface area contributed by atoms with Crippen LogP contribution in [0.2, 0.25) is 0 Å². The molecule has 0 aliphatic rings. The van der Waals surface area contributed by atoms with Crippen LogP contribution in [0.1, 0.15) is 11.6 Å². The van der Waals surface area contributed by atoms with Gasteiger partial charge in [0.05, 0.1) is 0 Å². The maximum atomic E-state index is 12.1. The number of nitrogens with one attached hydrogen (secondary N) is 2. The molecule has 6 nitrogen and oxygen atoms in total. The minimum Gasteiger partial charge on any atom is -0.351 e. The molecule has 0 radical (unpaired) electrons. The summed E-state index contributed by atoms with van der Waals surface area (Å²) in [6, 6.07) is 14.3. The third-order valence-corrected chi connectivity index (χ3v) is 2.84. The molecule has 1 atom stereocenters. The third kappa shape index (κ3) is 4.05. The predicted molar refractivity (Wildman–Crippen MR) is 81.6 cm³/mol. The molecule has 3 amide bonds. The van der Waals surface area contributed by atoms with E-state index < -0.39 is 12.1 Å². The fraction of sp³-hybridized carbons (Fsp3) is 0.0667. The van der Waals surface area contributed by atoms with E-state index in [4.69, 9.17) is 11.5 Å². The molecule has 0 saturated carbocycles. The number of nitrogens with two attached hydrogens (primary N) is 2. The lowest BCUT2D eigenvalue weighted by molar-refractivity contribution is -0.117. The van der Waals surface area contributed by atoms with Crippen LogP contribution in [0.5, 0.6) is 0 Å². The Bertz CT molecular complexity index is 643. The molecule has 108 valence electrons. The van der Waals surface area contributed by atoms with Crippen LogP contribution in [0.3, 0.4) is 0 Å². The zero-order valence-electron chi connectivity index (χ0n) is 11.2. The van der Waals surface area contributed by atoms with Gasteiger partial charge in [0.2, 0.25) is 5.91 Å². The van der Waals surface area contributed by atoms with Gasteiger partial charge in [0.15, 0.2) is 0 Å². The molecule has 6 N–H and O–H groups in total. The molecule has 0 spiro atoms. The van der Waals surface area contributed by atoms with Crippen molar-refractivity contribution in [1.82, 2.24) is 0 Å². The molecule has 2 aromatic rings. The molecule has 21 heavy (non-hydrogen) atoms. The SMILES string of the molecule is NC(=O)Nc1cccc(NC(=O)C(N)c2ccccc2)c1. The van der Waals surface area contributed by atoms with Gasteiger partial charge in [0.25, 0.3) is 0 Å². The molecule has 2 aromatic carbocycles. The van der Waals surface area contributed by atoms with Gasteiger partial charge < -0.3 is 22.1 Å². The second kappa shape index (κ2) is 6.53. The average molecular weight is 284 g/mol. The highest BCUT2D eigenvalue weighted by Crippen LogP contribution is 2.17. The molecule has 0 aliphatic heterocycles. The maximum absolute atomic E-state index is 12.1. The standard InChI is InChI=1S/C15H16N4O2/c16-13(10-5-2-1-3-6-10)14(20)18-11-7-4-8-12(9-11)19-15(17)21/h1-9,13H,16H2,(H,18,20)(H3,17,19,21). The Morgan fingerprint density at radius 2 is 1.52 bits per heavy atom. The first-order valence-electron chi connectivity index (χ1n) is 6.34. The van der Waals surface area contributed by atoms with Crippen molar-refractivity contribution in [2.24, 2.45) is 11.5 Å². The van der Waals surface area contributed by atoms with E-state index in [9.17, 15) is 9.59 Å². The van der Waals surface area contributed by atoms with Crippen molar-refractivity contribution < 1.29 is 9.59 Å². The normalized spacial score (nSPS) is 11.5. The van der Waals surface area contributed by atoms with Crippen molar-refractivity contribution in [2.75, 3.05) is 10.6 Å². The second-order valence-corrected chi connectivity index (χ2v) is 4.45. The van der Waals surface area contributed by atoms with Crippen LogP contribution in [0.25, 0.3) is 0 Å². The summed E-state index contributed by atoms with van der Waals surface area (Å²) in [6.45, 7) is 0. The number of primary amides is 1. The Morgan fingerprint density at radius 1 is 0.905 bits per heavy atom. The Morgan fingerprint density at radius 3 is 2.14 bits per heavy atom. The van der Waals surface area contributed by atoms with Gasteiger partial charge in [-0.1, -0.05) is 36.4 Å². The zero-order valence-corrected chi connectivity index (χ0v) is 11.2. The first kappa shape index (κ1) is 14.5. The van der Waals surface area contributed by atoms with Crippen molar-refractivity contribution >= 4 is 23.3 Å². The van der Waals surface area contributed by atoms with Crippen LogP contribution in [0.15, 0.2) is 54.6 Å². The Hall–Kier alpha value is -2.86. The van der Waals surface area contributed by atoms with Gasteiger partial charge in [0.1, 0.15) is 6.04 Å². The minimum atomic E-state index is -0.765. The van der Waals surface area contributed by atoms with E-state index in [0.717, 1.165) is 5.56 Å². The monoisotopic (exact) mass is 284 g/mol. The largest absolute Gasteiger partial charge is 0.351 e. The number of benzene rings is 2. The topological polar surface area (TPSA) is 110 Å². The predicted octanol–water partition coefficient (Wildman–Crippen LogP) is 1.82. The van der Waals surface area contributed by atoms with E-state index >= 15 is 0 Å². The summed E-state index contributed by atoms with van der Waals surface area (Å²) in [5.41, 5.74) is 12.7. The summed E-state index contributed by atoms with van der Waals surface area (Å²) in [5.74, 6) is -0.336. The summed E-state index contributed by atoms with van der Waals surface area (Å²) < 4.78 is 0. The molecule has 0 saturated heterocycles. The van der Waals surface area contributed by atoms with Crippen molar-refractivity contribution in [1.29, 1.82) is 0 Å². The summed E-state index contributed by atoms with van der Waals surface area (Å²) in [6.07, 6.45) is 0. The smallest absolute Gasteiger partial charge is 0.316 e. The highest BCUT2D eigenvalue weighted by Gasteiger charge is 2.15. The first-order valence-corrected chi connectivity index (χ1v) is 6.34. The fourth-order valence-electron chi connectivity index (χ4n) is 1.85. The van der Waals surface area contributed by atoms with Crippen LogP contribution >= 0.6 is 0 Å². The molecule has 0 aliphatic carbocycles. The maximum Gasteiger partial charge on any atom is 0.316 e. The van der Waals surface area contributed by atoms with Crippen molar-refractivity contribution in [3.05, 3.63) is 60.2 Å². The quantitative estimate of drug-likeness (QED) is 0.687. The lowest BCUT2D eigenvalue weighted by Crippen LogP contribution is -2.27. The van der Waals surface area contributed by atoms with E-state index in [2.05, 4.69) is 10.6 Å². The van der Waals surface area contributed by atoms with E-state index in [1.807, 2.05) is 18.2 Å². The van der Waals surface area contributed by atoms with Gasteiger partial charge in [0, 0.05) is 11.4 Å². The fourth-order valence-corrected chi connectivity index (χ4v) is 1.85. The van der Waals surface area contributed by atoms with Gasteiger partial charge in [-0.3, -0.25) is 4.79 Å². The van der Waals surface area contributed by atoms with E-state index in [-0.39, 0.29) is 5.91 Å². The molecule has 1 unspecified atom stereocenters. The summed E-state index contributed by atoms with van der Waals surface area (Å²) in [5, 5.41) is 5.13. The molecule has 0 fully saturated rings. The van der Waals surface area contributed by atoms with E-state index in [0.29, 0.717) is 11.4 Å². The van der Waals surface area contributed by atoms with Gasteiger partial charge in [-0.2, -0.15) is 0 Å². The molecular formula is C15H16N4O2. The molecule has 0 aromatic heterocycles. The molecular weight excluding hydrogens is 268 g/mol. The molecule has 6 heteroatoms. The van der Waals surface area contributed by atoms with Gasteiger partial charge in [-0.05, 0) is 23.8 Å². The zero-order chi connectivity index (χ0) is 15.2. The molecule has 0 heterocycles. The number of carbonyl (C=O) groups excluding carboxylic acids is 2. The number of amides is 3. The van der Waals surface area contributed by atoms with Gasteiger partial charge in [-0.25, -0.2) is 4.79 Å². The van der Waals surface area contributed by atoms with E-state index in [1.54, 1.807) is 36.4 Å². The van der Waals surface area contributed by atoms with Gasteiger partial charge in [-0.15, -0.1) is 0 Å². The van der Waals surface area contributed by atoms with E-state index in [1.165, 1.54) is 0 Å². The molecule has 0 bridgehead atoms. The first-order chi connectivity index (χ1) is 10.1. The third-order valence-electron chi connectivity index (χ3n) is 2.84. The van der Waals surface area contributed by atoms with Crippen LogP contribution in [0, 0.1) is 0 Å². The van der Waals surface area contributed by atoms with Crippen LogP contribution in [-0.4, -0.2) is 11.9 Å². The van der Waals surface area contributed by atoms with Crippen molar-refractivity contribution in [3.8, 4) is 0 Å². The summed E-state index contributed by atoms with van der Waals surface area (Å²) >= 11 is 0. The number of urea groups is 1. The Kier molecular flexibility index (Phi) is 4.53. The number of anilines is 2. The van der Waals surface area contributed by atoms with Crippen LogP contribution < -0.4 is 22.1 Å². The summed E-state index contributed by atoms with van der Waals surface area (Å²) in [7, 11) is 0. The Labute approximate surface area is 122 Å². The van der Waals surface area contributed by atoms with Crippen LogP contribution in [0.4, 0.5) is 16.2 Å². The molecule has 2 rings (SSSR count). The summed E-state index contributed by atoms with van der Waals surface area (Å²) in [4.78, 5) is 22.9. The minimum absolute atomic E-state index is 0.336. The number of hydrogen-bond donors (Lipinski definition) is 4. The highest BCUT2D eigenvalue weighted by atomic mass is 16.2. The average Bonchev–Trinajstić information content (AvgIpc) is 2.47. The van der Waals surface area contributed by atoms with Crippen LogP contribution in [-0.2, 0) is 4.79 Å². The number of rotatable bonds is 4. The lowest BCUT2D eigenvalue weighted by Gasteiger charge is -2.13. The lowest BCUT2D eigenvalue weighted by atomic mass is 10.1. The van der Waals surface area contributed by atoms with Gasteiger partial charge >= 0.3 is 6.03 Å². The van der Waals surface area contributed by atoms with Crippen molar-refractivity contribution in [3.63, 3.8) is 0 Å². The Balaban J connectivity index is 2.07. The second-order valence-electron chi connectivity index (χ2n) is 4.45. The number of carbonyl (C=O) groups is 2. The van der Waals surface area contributed by atoms with Crippen molar-refractivity contribution in [2.45, 2.75) is 6.04 Å².